The van der Waals surface area contributed by atoms with E-state index in [4.69, 9.17) is 19.9 Å². The molecule has 1 spiro atoms. The van der Waals surface area contributed by atoms with Crippen LogP contribution in [0.15, 0.2) is 46.3 Å². The van der Waals surface area contributed by atoms with Gasteiger partial charge in [-0.2, -0.15) is 5.26 Å². The number of fused-ring (bicyclic) bond motifs is 4. The Balaban J connectivity index is 1.77. The van der Waals surface area contributed by atoms with Crippen molar-refractivity contribution in [2.24, 2.45) is 11.7 Å². The number of hydrogen-bond acceptors (Lipinski definition) is 8. The maximum absolute atomic E-state index is 13.8. The highest BCUT2D eigenvalue weighted by atomic mass is 79.9. The van der Waals surface area contributed by atoms with Crippen LogP contribution in [0.4, 0.5) is 5.69 Å². The van der Waals surface area contributed by atoms with Crippen molar-refractivity contribution >= 4 is 27.5 Å². The fraction of sp³-hybridized carbons (Fsp3) is 0.304. The summed E-state index contributed by atoms with van der Waals surface area (Å²) >= 11 is 3.68. The minimum Gasteiger partial charge on any atom is -0.493 e. The normalized spacial score (nSPS) is 27.5. The standard InChI is InChI=1S/C23H22BrN5O4/c1-10-4-6-13-16(18(10)24)23(22(30)27-13)12(9-25)20(26)33-21-17(23)19(28-29-21)11-5-7-14(31-2)15(8-11)32-3/h4-8,17,19,21,28-29H,26H2,1-3H3,(H,27,30). The van der Waals surface area contributed by atoms with Crippen molar-refractivity contribution in [1.82, 2.24) is 10.9 Å². The Kier molecular flexibility index (Phi) is 5.01. The SMILES string of the molecule is COc1ccc(C2NNC3OC(N)=C(C#N)C4(C(=O)Nc5ccc(C)c(Br)c54)C32)cc1OC. The van der Waals surface area contributed by atoms with E-state index in [1.54, 1.807) is 20.3 Å². The third-order valence-electron chi connectivity index (χ3n) is 6.68. The van der Waals surface area contributed by atoms with Crippen molar-refractivity contribution < 1.29 is 19.0 Å². The predicted molar refractivity (Wildman–Crippen MR) is 123 cm³/mol. The Bertz CT molecular complexity index is 1260. The molecule has 170 valence electrons. The van der Waals surface area contributed by atoms with E-state index < -0.39 is 23.6 Å². The minimum atomic E-state index is -1.38. The van der Waals surface area contributed by atoms with Crippen LogP contribution in [0.25, 0.3) is 0 Å². The van der Waals surface area contributed by atoms with E-state index in [1.807, 2.05) is 31.2 Å². The summed E-state index contributed by atoms with van der Waals surface area (Å²) in [7, 11) is 3.13. The number of nitrogens with two attached hydrogens (primary N) is 1. The fourth-order valence-electron chi connectivity index (χ4n) is 5.20. The summed E-state index contributed by atoms with van der Waals surface area (Å²) in [6.45, 7) is 1.94. The zero-order valence-electron chi connectivity index (χ0n) is 18.2. The van der Waals surface area contributed by atoms with E-state index in [9.17, 15) is 10.1 Å². The number of benzene rings is 2. The lowest BCUT2D eigenvalue weighted by Gasteiger charge is -2.42. The molecule has 1 amide bonds. The number of amides is 1. The van der Waals surface area contributed by atoms with Gasteiger partial charge in [0.15, 0.2) is 17.7 Å². The molecule has 10 heteroatoms. The molecule has 4 atom stereocenters. The Morgan fingerprint density at radius 1 is 1.18 bits per heavy atom. The molecule has 5 rings (SSSR count). The van der Waals surface area contributed by atoms with Gasteiger partial charge >= 0.3 is 0 Å². The summed E-state index contributed by atoms with van der Waals surface area (Å²) in [5.74, 6) is 0.198. The van der Waals surface area contributed by atoms with Crippen LogP contribution in [0.2, 0.25) is 0 Å². The van der Waals surface area contributed by atoms with Crippen LogP contribution in [0.5, 0.6) is 11.5 Å². The van der Waals surface area contributed by atoms with Crippen molar-refractivity contribution in [1.29, 1.82) is 5.26 Å². The Labute approximate surface area is 199 Å². The average Bonchev–Trinajstić information content (AvgIpc) is 3.36. The van der Waals surface area contributed by atoms with Crippen LogP contribution in [0.1, 0.15) is 22.7 Å². The van der Waals surface area contributed by atoms with Gasteiger partial charge in [0.1, 0.15) is 17.1 Å². The number of aryl methyl sites for hydroxylation is 1. The molecule has 2 aromatic carbocycles. The molecule has 5 N–H and O–H groups in total. The second kappa shape index (κ2) is 7.66. The number of nitriles is 1. The summed E-state index contributed by atoms with van der Waals surface area (Å²) in [5.41, 5.74) is 14.4. The van der Waals surface area contributed by atoms with Crippen LogP contribution in [-0.2, 0) is 14.9 Å². The number of rotatable bonds is 3. The van der Waals surface area contributed by atoms with Gasteiger partial charge in [-0.25, -0.2) is 10.9 Å². The van der Waals surface area contributed by atoms with Crippen LogP contribution in [-0.4, -0.2) is 26.4 Å². The monoisotopic (exact) mass is 511 g/mol. The number of methoxy groups -OCH3 is 2. The molecule has 4 unspecified atom stereocenters. The van der Waals surface area contributed by atoms with E-state index >= 15 is 0 Å². The molecule has 3 heterocycles. The minimum absolute atomic E-state index is 0.0718. The summed E-state index contributed by atoms with van der Waals surface area (Å²) in [6.07, 6.45) is -0.663. The first kappa shape index (κ1) is 21.6. The van der Waals surface area contributed by atoms with E-state index in [2.05, 4.69) is 38.2 Å². The number of halogens is 1. The Morgan fingerprint density at radius 2 is 1.94 bits per heavy atom. The smallest absolute Gasteiger partial charge is 0.241 e. The number of carbonyl (C=O) groups excluding carboxylic acids is 1. The predicted octanol–water partition coefficient (Wildman–Crippen LogP) is 2.48. The zero-order valence-corrected chi connectivity index (χ0v) is 19.7. The number of hydrogen-bond donors (Lipinski definition) is 4. The molecule has 0 bridgehead atoms. The topological polar surface area (TPSA) is 131 Å². The van der Waals surface area contributed by atoms with E-state index in [0.29, 0.717) is 22.7 Å². The van der Waals surface area contributed by atoms with Gasteiger partial charge in [0, 0.05) is 15.7 Å². The van der Waals surface area contributed by atoms with E-state index in [-0.39, 0.29) is 17.4 Å². The molecular weight excluding hydrogens is 490 g/mol. The largest absolute Gasteiger partial charge is 0.493 e. The van der Waals surface area contributed by atoms with E-state index in [0.717, 1.165) is 15.6 Å². The van der Waals surface area contributed by atoms with Gasteiger partial charge in [0.05, 0.1) is 26.2 Å². The molecule has 1 saturated heterocycles. The Hall–Kier alpha value is -3.26. The van der Waals surface area contributed by atoms with Crippen molar-refractivity contribution in [3.8, 4) is 17.6 Å². The second-order valence-corrected chi connectivity index (χ2v) is 8.97. The number of ether oxygens (including phenoxy) is 3. The summed E-state index contributed by atoms with van der Waals surface area (Å²) in [5, 5.41) is 13.1. The van der Waals surface area contributed by atoms with Crippen molar-refractivity contribution in [2.75, 3.05) is 19.5 Å². The second-order valence-electron chi connectivity index (χ2n) is 8.18. The van der Waals surface area contributed by atoms with Crippen molar-refractivity contribution in [3.63, 3.8) is 0 Å². The van der Waals surface area contributed by atoms with Gasteiger partial charge in [-0.1, -0.05) is 28.1 Å². The highest BCUT2D eigenvalue weighted by Crippen LogP contribution is 2.58. The van der Waals surface area contributed by atoms with Crippen molar-refractivity contribution in [2.45, 2.75) is 24.6 Å². The average molecular weight is 512 g/mol. The molecule has 2 aromatic rings. The van der Waals surface area contributed by atoms with Crippen molar-refractivity contribution in [3.05, 3.63) is 63.0 Å². The van der Waals surface area contributed by atoms with Gasteiger partial charge < -0.3 is 25.3 Å². The lowest BCUT2D eigenvalue weighted by atomic mass is 9.61. The first-order valence-corrected chi connectivity index (χ1v) is 11.1. The summed E-state index contributed by atoms with van der Waals surface area (Å²) in [6, 6.07) is 11.1. The fourth-order valence-corrected chi connectivity index (χ4v) is 5.86. The molecule has 0 radical (unpaired) electrons. The van der Waals surface area contributed by atoms with Crippen LogP contribution < -0.4 is 31.4 Å². The van der Waals surface area contributed by atoms with Gasteiger partial charge in [-0.05, 0) is 36.2 Å². The molecular formula is C23H22BrN5O4. The van der Waals surface area contributed by atoms with Crippen LogP contribution in [0.3, 0.4) is 0 Å². The van der Waals surface area contributed by atoms with E-state index in [1.165, 1.54) is 0 Å². The molecule has 3 aliphatic rings. The third kappa shape index (κ3) is 2.80. The Morgan fingerprint density at radius 3 is 2.64 bits per heavy atom. The van der Waals surface area contributed by atoms with Gasteiger partial charge in [0.25, 0.3) is 0 Å². The molecule has 1 fully saturated rings. The molecule has 0 saturated carbocycles. The first-order chi connectivity index (χ1) is 15.9. The number of hydrazine groups is 1. The quantitative estimate of drug-likeness (QED) is 0.494. The number of anilines is 1. The van der Waals surface area contributed by atoms with Crippen LogP contribution in [0, 0.1) is 24.2 Å². The van der Waals surface area contributed by atoms with Crippen LogP contribution >= 0.6 is 15.9 Å². The molecule has 9 nitrogen and oxygen atoms in total. The van der Waals surface area contributed by atoms with Gasteiger partial charge in [-0.15, -0.1) is 0 Å². The molecule has 33 heavy (non-hydrogen) atoms. The number of nitrogens with one attached hydrogen (secondary N) is 3. The molecule has 0 aliphatic carbocycles. The molecule has 3 aliphatic heterocycles. The maximum Gasteiger partial charge on any atom is 0.241 e. The number of nitrogens with zero attached hydrogens (tertiary/aromatic N) is 1. The third-order valence-corrected chi connectivity index (χ3v) is 7.70. The van der Waals surface area contributed by atoms with Gasteiger partial charge in [0.2, 0.25) is 11.8 Å². The lowest BCUT2D eigenvalue weighted by Crippen LogP contribution is -2.54. The molecule has 0 aromatic heterocycles. The first-order valence-electron chi connectivity index (χ1n) is 10.3. The summed E-state index contributed by atoms with van der Waals surface area (Å²) < 4.78 is 17.5. The highest BCUT2D eigenvalue weighted by Gasteiger charge is 2.66. The lowest BCUT2D eigenvalue weighted by molar-refractivity contribution is -0.124. The highest BCUT2D eigenvalue weighted by molar-refractivity contribution is 9.10. The zero-order chi connectivity index (χ0) is 23.5. The van der Waals surface area contributed by atoms with Gasteiger partial charge in [-0.3, -0.25) is 4.79 Å². The summed E-state index contributed by atoms with van der Waals surface area (Å²) in [4.78, 5) is 13.8. The number of carbonyl (C=O) groups is 1. The maximum atomic E-state index is 13.8.